The van der Waals surface area contributed by atoms with Crippen LogP contribution in [0.3, 0.4) is 0 Å². The molecule has 1 atom stereocenters. The van der Waals surface area contributed by atoms with E-state index in [1.165, 1.54) is 41.7 Å². The fraction of sp³-hybridized carbons (Fsp3) is 0.600. The monoisotopic (exact) mass is 392 g/mol. The summed E-state index contributed by atoms with van der Waals surface area (Å²) in [6.45, 7) is 8.22. The number of nitrogens with zero attached hydrogens (tertiary/aromatic N) is 1. The van der Waals surface area contributed by atoms with Crippen LogP contribution < -0.4 is 5.32 Å². The molecule has 1 saturated heterocycles. The van der Waals surface area contributed by atoms with Crippen molar-refractivity contribution in [1.29, 1.82) is 0 Å². The smallest absolute Gasteiger partial charge is 0.0479 e. The molecule has 0 aliphatic carbocycles. The van der Waals surface area contributed by atoms with E-state index in [2.05, 4.69) is 52.7 Å². The van der Waals surface area contributed by atoms with Crippen LogP contribution in [0.5, 0.6) is 0 Å². The summed E-state index contributed by atoms with van der Waals surface area (Å²) >= 11 is 8.34. The van der Waals surface area contributed by atoms with Gasteiger partial charge in [-0.25, -0.2) is 0 Å². The first-order valence-corrected chi connectivity index (χ1v) is 8.49. The quantitative estimate of drug-likeness (QED) is 0.760. The van der Waals surface area contributed by atoms with Crippen LogP contribution in [-0.2, 0) is 0 Å². The van der Waals surface area contributed by atoms with Crippen molar-refractivity contribution in [3.05, 3.63) is 26.8 Å². The first-order chi connectivity index (χ1) is 9.10. The molecular weight excluding hydrogens is 371 g/mol. The number of hydrogen-bond acceptors (Lipinski definition) is 2. The van der Waals surface area contributed by atoms with Crippen molar-refractivity contribution in [2.45, 2.75) is 32.7 Å². The molecule has 4 heteroatoms. The van der Waals surface area contributed by atoms with Crippen molar-refractivity contribution in [2.24, 2.45) is 5.92 Å². The molecular formula is C15H22ClIN2. The Kier molecular flexibility index (Phi) is 5.78. The van der Waals surface area contributed by atoms with Crippen LogP contribution >= 0.6 is 34.2 Å². The molecule has 0 saturated carbocycles. The lowest BCUT2D eigenvalue weighted by atomic mass is 9.90. The summed E-state index contributed by atoms with van der Waals surface area (Å²) in [6, 6.07) is 6.57. The Morgan fingerprint density at radius 3 is 2.68 bits per heavy atom. The highest BCUT2D eigenvalue weighted by atomic mass is 127. The van der Waals surface area contributed by atoms with Gasteiger partial charge in [-0.2, -0.15) is 0 Å². The van der Waals surface area contributed by atoms with Crippen LogP contribution in [0.25, 0.3) is 0 Å². The summed E-state index contributed by atoms with van der Waals surface area (Å²) in [7, 11) is 0. The van der Waals surface area contributed by atoms with Crippen molar-refractivity contribution in [3.63, 3.8) is 0 Å². The standard InChI is InChI=1S/C15H22ClIN2/c1-3-19-8-6-12(7-9-19)11(2)18-15-5-4-13(16)10-14(15)17/h4-5,10-12,18H,3,6-9H2,1-2H3. The second-order valence-electron chi connectivity index (χ2n) is 5.33. The SMILES string of the molecule is CCN1CCC(C(C)Nc2ccc(Cl)cc2I)CC1. The molecule has 0 aromatic heterocycles. The summed E-state index contributed by atoms with van der Waals surface area (Å²) in [5.74, 6) is 0.772. The van der Waals surface area contributed by atoms with E-state index in [0.29, 0.717) is 6.04 Å². The van der Waals surface area contributed by atoms with Crippen molar-refractivity contribution in [1.82, 2.24) is 4.90 Å². The normalized spacial score (nSPS) is 19.4. The molecule has 1 heterocycles. The Bertz CT molecular complexity index is 417. The second kappa shape index (κ2) is 7.14. The molecule has 1 aliphatic heterocycles. The van der Waals surface area contributed by atoms with Gasteiger partial charge >= 0.3 is 0 Å². The highest BCUT2D eigenvalue weighted by molar-refractivity contribution is 14.1. The lowest BCUT2D eigenvalue weighted by molar-refractivity contribution is 0.183. The molecule has 0 spiro atoms. The first-order valence-electron chi connectivity index (χ1n) is 7.04. The third-order valence-corrected chi connectivity index (χ3v) is 5.23. The van der Waals surface area contributed by atoms with Crippen molar-refractivity contribution < 1.29 is 0 Å². The maximum atomic E-state index is 6.00. The van der Waals surface area contributed by atoms with E-state index in [1.807, 2.05) is 12.1 Å². The van der Waals surface area contributed by atoms with Gasteiger partial charge in [-0.05, 0) is 86.1 Å². The van der Waals surface area contributed by atoms with Gasteiger partial charge in [0.1, 0.15) is 0 Å². The predicted octanol–water partition coefficient (Wildman–Crippen LogP) is 4.48. The van der Waals surface area contributed by atoms with Crippen molar-refractivity contribution in [2.75, 3.05) is 25.0 Å². The van der Waals surface area contributed by atoms with E-state index >= 15 is 0 Å². The Labute approximate surface area is 135 Å². The molecule has 106 valence electrons. The summed E-state index contributed by atoms with van der Waals surface area (Å²) in [5, 5.41) is 4.46. The van der Waals surface area contributed by atoms with Gasteiger partial charge in [0.2, 0.25) is 0 Å². The third kappa shape index (κ3) is 4.23. The Balaban J connectivity index is 1.92. The summed E-state index contributed by atoms with van der Waals surface area (Å²) in [5.41, 5.74) is 1.20. The molecule has 1 aromatic carbocycles. The number of likely N-dealkylation sites (tertiary alicyclic amines) is 1. The summed E-state index contributed by atoms with van der Waals surface area (Å²) in [4.78, 5) is 2.54. The van der Waals surface area contributed by atoms with E-state index < -0.39 is 0 Å². The van der Waals surface area contributed by atoms with Gasteiger partial charge in [-0.1, -0.05) is 18.5 Å². The highest BCUT2D eigenvalue weighted by Gasteiger charge is 2.23. The van der Waals surface area contributed by atoms with Gasteiger partial charge in [0.25, 0.3) is 0 Å². The van der Waals surface area contributed by atoms with Crippen LogP contribution in [0.4, 0.5) is 5.69 Å². The maximum Gasteiger partial charge on any atom is 0.0479 e. The Morgan fingerprint density at radius 2 is 2.11 bits per heavy atom. The number of rotatable bonds is 4. The topological polar surface area (TPSA) is 15.3 Å². The number of benzene rings is 1. The van der Waals surface area contributed by atoms with Crippen molar-refractivity contribution in [3.8, 4) is 0 Å². The molecule has 2 nitrogen and oxygen atoms in total. The van der Waals surface area contributed by atoms with Crippen LogP contribution in [0.1, 0.15) is 26.7 Å². The minimum Gasteiger partial charge on any atom is -0.381 e. The van der Waals surface area contributed by atoms with Gasteiger partial charge < -0.3 is 10.2 Å². The van der Waals surface area contributed by atoms with E-state index in [9.17, 15) is 0 Å². The minimum absolute atomic E-state index is 0.522. The zero-order chi connectivity index (χ0) is 13.8. The minimum atomic E-state index is 0.522. The average molecular weight is 393 g/mol. The molecule has 1 unspecified atom stereocenters. The summed E-state index contributed by atoms with van der Waals surface area (Å²) < 4.78 is 1.20. The summed E-state index contributed by atoms with van der Waals surface area (Å²) in [6.07, 6.45) is 2.60. The Morgan fingerprint density at radius 1 is 1.42 bits per heavy atom. The van der Waals surface area contributed by atoms with Gasteiger partial charge in [-0.15, -0.1) is 0 Å². The largest absolute Gasteiger partial charge is 0.381 e. The molecule has 1 aliphatic rings. The molecule has 2 rings (SSSR count). The van der Waals surface area contributed by atoms with Gasteiger partial charge in [0.15, 0.2) is 0 Å². The molecule has 19 heavy (non-hydrogen) atoms. The van der Waals surface area contributed by atoms with Gasteiger partial charge in [0.05, 0.1) is 0 Å². The van der Waals surface area contributed by atoms with Crippen molar-refractivity contribution >= 4 is 39.9 Å². The van der Waals surface area contributed by atoms with E-state index in [1.54, 1.807) is 0 Å². The Hall–Kier alpha value is -0.000000000000000111. The van der Waals surface area contributed by atoms with Crippen LogP contribution in [-0.4, -0.2) is 30.6 Å². The van der Waals surface area contributed by atoms with E-state index in [4.69, 9.17) is 11.6 Å². The van der Waals surface area contributed by atoms with Gasteiger partial charge in [0, 0.05) is 20.3 Å². The van der Waals surface area contributed by atoms with Gasteiger partial charge in [-0.3, -0.25) is 0 Å². The number of piperidine rings is 1. The van der Waals surface area contributed by atoms with Crippen LogP contribution in [0.2, 0.25) is 5.02 Å². The molecule has 0 bridgehead atoms. The molecule has 1 N–H and O–H groups in total. The van der Waals surface area contributed by atoms with Crippen LogP contribution in [0.15, 0.2) is 18.2 Å². The predicted molar refractivity (Wildman–Crippen MR) is 92.1 cm³/mol. The third-order valence-electron chi connectivity index (χ3n) is 4.10. The fourth-order valence-electron chi connectivity index (χ4n) is 2.74. The lowest BCUT2D eigenvalue weighted by Gasteiger charge is -2.35. The number of hydrogen-bond donors (Lipinski definition) is 1. The number of anilines is 1. The van der Waals surface area contributed by atoms with Crippen LogP contribution in [0, 0.1) is 9.49 Å². The molecule has 1 aromatic rings. The molecule has 0 amide bonds. The fourth-order valence-corrected chi connectivity index (χ4v) is 3.77. The first kappa shape index (κ1) is 15.4. The number of nitrogens with one attached hydrogen (secondary N) is 1. The van der Waals surface area contributed by atoms with E-state index in [0.717, 1.165) is 10.9 Å². The number of halogens is 2. The zero-order valence-electron chi connectivity index (χ0n) is 11.6. The maximum absolute atomic E-state index is 6.00. The lowest BCUT2D eigenvalue weighted by Crippen LogP contribution is -2.39. The molecule has 0 radical (unpaired) electrons. The highest BCUT2D eigenvalue weighted by Crippen LogP contribution is 2.27. The zero-order valence-corrected chi connectivity index (χ0v) is 14.5. The van der Waals surface area contributed by atoms with E-state index in [-0.39, 0.29) is 0 Å². The molecule has 1 fully saturated rings. The average Bonchev–Trinajstić information content (AvgIpc) is 2.42. The second-order valence-corrected chi connectivity index (χ2v) is 6.93.